The highest BCUT2D eigenvalue weighted by Crippen LogP contribution is 2.25. The molecule has 0 aliphatic rings. The average molecular weight is 266 g/mol. The number of H-pyrrole nitrogens is 1. The molecule has 6 heteroatoms. The topological polar surface area (TPSA) is 83.2 Å². The van der Waals surface area contributed by atoms with E-state index in [2.05, 4.69) is 33.0 Å². The Morgan fingerprint density at radius 2 is 2.35 bits per heavy atom. The molecule has 0 amide bonds. The number of hydrogen-bond donors (Lipinski definition) is 1. The summed E-state index contributed by atoms with van der Waals surface area (Å²) in [4.78, 5) is 11.6. The summed E-state index contributed by atoms with van der Waals surface area (Å²) in [5.74, 6) is 0. The maximum Gasteiger partial charge on any atom is 0.141 e. The van der Waals surface area contributed by atoms with Crippen molar-refractivity contribution in [2.45, 2.75) is 25.8 Å². The van der Waals surface area contributed by atoms with E-state index in [-0.39, 0.29) is 6.04 Å². The molecule has 1 atom stereocenters. The van der Waals surface area contributed by atoms with Crippen molar-refractivity contribution in [1.29, 1.82) is 5.26 Å². The summed E-state index contributed by atoms with van der Waals surface area (Å²) in [6.07, 6.45) is 8.45. The molecule has 3 aromatic heterocycles. The van der Waals surface area contributed by atoms with Crippen LogP contribution in [0.15, 0.2) is 31.0 Å². The molecular weight excluding hydrogens is 252 g/mol. The Morgan fingerprint density at radius 1 is 1.45 bits per heavy atom. The van der Waals surface area contributed by atoms with E-state index in [4.69, 9.17) is 5.26 Å². The van der Waals surface area contributed by atoms with Crippen LogP contribution in [-0.2, 0) is 0 Å². The minimum Gasteiger partial charge on any atom is -0.346 e. The van der Waals surface area contributed by atoms with E-state index < -0.39 is 0 Å². The number of nitrogens with zero attached hydrogens (tertiary/aromatic N) is 5. The third-order valence-corrected chi connectivity index (χ3v) is 3.40. The normalized spacial score (nSPS) is 12.4. The zero-order valence-corrected chi connectivity index (χ0v) is 11.1. The van der Waals surface area contributed by atoms with Crippen LogP contribution >= 0.6 is 0 Å². The van der Waals surface area contributed by atoms with Crippen LogP contribution in [0.1, 0.15) is 25.8 Å². The predicted octanol–water partition coefficient (Wildman–Crippen LogP) is 2.69. The molecule has 20 heavy (non-hydrogen) atoms. The second kappa shape index (κ2) is 5.13. The predicted molar refractivity (Wildman–Crippen MR) is 74.7 cm³/mol. The highest BCUT2D eigenvalue weighted by atomic mass is 15.3. The molecule has 100 valence electrons. The number of rotatable bonds is 4. The van der Waals surface area contributed by atoms with Gasteiger partial charge in [0.1, 0.15) is 12.0 Å². The average Bonchev–Trinajstić information content (AvgIpc) is 3.12. The quantitative estimate of drug-likeness (QED) is 0.787. The van der Waals surface area contributed by atoms with Crippen LogP contribution in [0.5, 0.6) is 0 Å². The van der Waals surface area contributed by atoms with Gasteiger partial charge in [-0.15, -0.1) is 0 Å². The number of nitrogens with one attached hydrogen (secondary N) is 1. The van der Waals surface area contributed by atoms with E-state index >= 15 is 0 Å². The fraction of sp³-hybridized carbons (Fsp3) is 0.286. The van der Waals surface area contributed by atoms with Crippen LogP contribution in [-0.4, -0.2) is 24.7 Å². The van der Waals surface area contributed by atoms with Crippen LogP contribution in [0.2, 0.25) is 0 Å². The number of aromatic nitrogens is 5. The highest BCUT2D eigenvalue weighted by Gasteiger charge is 2.13. The zero-order valence-electron chi connectivity index (χ0n) is 11.1. The van der Waals surface area contributed by atoms with E-state index in [9.17, 15) is 0 Å². The Morgan fingerprint density at radius 3 is 3.15 bits per heavy atom. The molecule has 6 nitrogen and oxygen atoms in total. The van der Waals surface area contributed by atoms with Gasteiger partial charge in [-0.1, -0.05) is 6.92 Å². The van der Waals surface area contributed by atoms with E-state index in [1.54, 1.807) is 6.20 Å². The lowest BCUT2D eigenvalue weighted by Gasteiger charge is -2.10. The molecule has 0 aliphatic carbocycles. The molecule has 3 aromatic rings. The summed E-state index contributed by atoms with van der Waals surface area (Å²) in [6.45, 7) is 2.05. The SMILES string of the molecule is CCC(CC#N)n1cc(-c2ncnc3[nH]ccc23)cn1. The van der Waals surface area contributed by atoms with Gasteiger partial charge in [-0.25, -0.2) is 9.97 Å². The van der Waals surface area contributed by atoms with Crippen molar-refractivity contribution >= 4 is 11.0 Å². The smallest absolute Gasteiger partial charge is 0.141 e. The van der Waals surface area contributed by atoms with Crippen molar-refractivity contribution in [1.82, 2.24) is 24.7 Å². The van der Waals surface area contributed by atoms with Crippen molar-refractivity contribution in [3.8, 4) is 17.3 Å². The molecular formula is C14H14N6. The van der Waals surface area contributed by atoms with Crippen molar-refractivity contribution in [3.05, 3.63) is 31.0 Å². The van der Waals surface area contributed by atoms with Crippen LogP contribution in [0.3, 0.4) is 0 Å². The largest absolute Gasteiger partial charge is 0.346 e. The Balaban J connectivity index is 2.02. The van der Waals surface area contributed by atoms with Crippen LogP contribution in [0.4, 0.5) is 0 Å². The van der Waals surface area contributed by atoms with Gasteiger partial charge in [0, 0.05) is 23.3 Å². The lowest BCUT2D eigenvalue weighted by atomic mass is 10.1. The summed E-state index contributed by atoms with van der Waals surface area (Å²) >= 11 is 0. The summed E-state index contributed by atoms with van der Waals surface area (Å²) < 4.78 is 1.85. The minimum atomic E-state index is 0.109. The highest BCUT2D eigenvalue weighted by molar-refractivity contribution is 5.89. The summed E-state index contributed by atoms with van der Waals surface area (Å²) in [6, 6.07) is 4.26. The molecule has 1 unspecified atom stereocenters. The standard InChI is InChI=1S/C14H14N6/c1-2-11(3-5-15)20-8-10(7-19-20)13-12-4-6-16-14(12)18-9-17-13/h4,6-9,11H,2-3H2,1H3,(H,16,17,18). The molecule has 0 bridgehead atoms. The number of nitriles is 1. The van der Waals surface area contributed by atoms with Gasteiger partial charge in [-0.2, -0.15) is 10.4 Å². The van der Waals surface area contributed by atoms with E-state index in [1.165, 1.54) is 6.33 Å². The van der Waals surface area contributed by atoms with Crippen molar-refractivity contribution in [3.63, 3.8) is 0 Å². The van der Waals surface area contributed by atoms with E-state index in [1.807, 2.05) is 23.1 Å². The minimum absolute atomic E-state index is 0.109. The maximum atomic E-state index is 8.85. The van der Waals surface area contributed by atoms with Gasteiger partial charge in [-0.3, -0.25) is 4.68 Å². The van der Waals surface area contributed by atoms with E-state index in [0.29, 0.717) is 6.42 Å². The van der Waals surface area contributed by atoms with Gasteiger partial charge >= 0.3 is 0 Å². The molecule has 0 saturated carbocycles. The van der Waals surface area contributed by atoms with Crippen LogP contribution < -0.4 is 0 Å². The zero-order chi connectivity index (χ0) is 13.9. The third-order valence-electron chi connectivity index (χ3n) is 3.40. The lowest BCUT2D eigenvalue weighted by Crippen LogP contribution is -2.07. The molecule has 3 heterocycles. The molecule has 0 fully saturated rings. The maximum absolute atomic E-state index is 8.85. The summed E-state index contributed by atoms with van der Waals surface area (Å²) in [5, 5.41) is 14.2. The second-order valence-corrected chi connectivity index (χ2v) is 4.60. The molecule has 0 radical (unpaired) electrons. The molecule has 3 rings (SSSR count). The molecule has 0 aliphatic heterocycles. The molecule has 0 spiro atoms. The summed E-state index contributed by atoms with van der Waals surface area (Å²) in [5.41, 5.74) is 2.61. The van der Waals surface area contributed by atoms with Gasteiger partial charge in [0.2, 0.25) is 0 Å². The number of aromatic amines is 1. The van der Waals surface area contributed by atoms with Crippen molar-refractivity contribution in [2.24, 2.45) is 0 Å². The fourth-order valence-corrected chi connectivity index (χ4v) is 2.29. The first kappa shape index (κ1) is 12.4. The van der Waals surface area contributed by atoms with Gasteiger partial charge in [-0.05, 0) is 12.5 Å². The number of fused-ring (bicyclic) bond motifs is 1. The first-order valence-electron chi connectivity index (χ1n) is 6.53. The Kier molecular flexibility index (Phi) is 3.17. The summed E-state index contributed by atoms with van der Waals surface area (Å²) in [7, 11) is 0. The first-order chi connectivity index (χ1) is 9.83. The van der Waals surface area contributed by atoms with Gasteiger partial charge in [0.05, 0.1) is 30.4 Å². The lowest BCUT2D eigenvalue weighted by molar-refractivity contribution is 0.448. The molecule has 1 N–H and O–H groups in total. The molecule has 0 saturated heterocycles. The molecule has 0 aromatic carbocycles. The third kappa shape index (κ3) is 2.03. The van der Waals surface area contributed by atoms with Gasteiger partial charge < -0.3 is 4.98 Å². The monoisotopic (exact) mass is 266 g/mol. The van der Waals surface area contributed by atoms with Crippen molar-refractivity contribution < 1.29 is 0 Å². The Hall–Kier alpha value is -2.68. The van der Waals surface area contributed by atoms with Gasteiger partial charge in [0.25, 0.3) is 0 Å². The number of hydrogen-bond acceptors (Lipinski definition) is 4. The van der Waals surface area contributed by atoms with Gasteiger partial charge in [0.15, 0.2) is 0 Å². The van der Waals surface area contributed by atoms with Crippen LogP contribution in [0.25, 0.3) is 22.3 Å². The first-order valence-corrected chi connectivity index (χ1v) is 6.53. The fourth-order valence-electron chi connectivity index (χ4n) is 2.29. The van der Waals surface area contributed by atoms with Crippen LogP contribution in [0, 0.1) is 11.3 Å². The Labute approximate surface area is 116 Å². The van der Waals surface area contributed by atoms with Crippen molar-refractivity contribution in [2.75, 3.05) is 0 Å². The second-order valence-electron chi connectivity index (χ2n) is 4.60. The van der Waals surface area contributed by atoms with E-state index in [0.717, 1.165) is 28.7 Å². The Bertz CT molecular complexity index is 763.